The lowest BCUT2D eigenvalue weighted by Gasteiger charge is -2.07. The van der Waals surface area contributed by atoms with Crippen LogP contribution < -0.4 is 10.4 Å². The van der Waals surface area contributed by atoms with Gasteiger partial charge in [0, 0.05) is 5.39 Å². The molecular formula is C23H16O4. The van der Waals surface area contributed by atoms with Crippen molar-refractivity contribution in [3.05, 3.63) is 100 Å². The van der Waals surface area contributed by atoms with Gasteiger partial charge in [-0.15, -0.1) is 0 Å². The summed E-state index contributed by atoms with van der Waals surface area (Å²) in [6.07, 6.45) is 0. The lowest BCUT2D eigenvalue weighted by Crippen LogP contribution is -2.08. The van der Waals surface area contributed by atoms with E-state index in [0.717, 1.165) is 10.9 Å². The first kappa shape index (κ1) is 16.8. The molecular weight excluding hydrogens is 340 g/mol. The van der Waals surface area contributed by atoms with Crippen LogP contribution >= 0.6 is 0 Å². The molecule has 0 aliphatic rings. The predicted molar refractivity (Wildman–Crippen MR) is 104 cm³/mol. The summed E-state index contributed by atoms with van der Waals surface area (Å²) in [4.78, 5) is 24.6. The van der Waals surface area contributed by atoms with E-state index in [2.05, 4.69) is 0 Å². The van der Waals surface area contributed by atoms with Crippen LogP contribution in [0.3, 0.4) is 0 Å². The number of ether oxygens (including phenoxy) is 1. The third kappa shape index (κ3) is 3.51. The zero-order valence-corrected chi connectivity index (χ0v) is 14.6. The van der Waals surface area contributed by atoms with Crippen molar-refractivity contribution in [2.45, 2.75) is 6.92 Å². The van der Waals surface area contributed by atoms with Crippen LogP contribution in [0.25, 0.3) is 22.1 Å². The molecule has 1 aromatic heterocycles. The number of rotatable bonds is 3. The molecule has 132 valence electrons. The average Bonchev–Trinajstić information content (AvgIpc) is 2.68. The van der Waals surface area contributed by atoms with Gasteiger partial charge in [0.15, 0.2) is 0 Å². The summed E-state index contributed by atoms with van der Waals surface area (Å²) in [6.45, 7) is 1.98. The van der Waals surface area contributed by atoms with Crippen molar-refractivity contribution in [1.29, 1.82) is 0 Å². The highest BCUT2D eigenvalue weighted by Gasteiger charge is 2.11. The molecule has 4 rings (SSSR count). The fraction of sp³-hybridized carbons (Fsp3) is 0.0435. The zero-order valence-electron chi connectivity index (χ0n) is 14.6. The second kappa shape index (κ2) is 6.92. The van der Waals surface area contributed by atoms with Crippen LogP contribution in [0.4, 0.5) is 0 Å². The summed E-state index contributed by atoms with van der Waals surface area (Å²) in [6, 6.07) is 23.1. The van der Waals surface area contributed by atoms with E-state index in [0.29, 0.717) is 28.0 Å². The molecule has 0 aliphatic heterocycles. The monoisotopic (exact) mass is 356 g/mol. The molecule has 4 aromatic rings. The van der Waals surface area contributed by atoms with E-state index in [9.17, 15) is 9.59 Å². The van der Waals surface area contributed by atoms with Crippen molar-refractivity contribution in [2.75, 3.05) is 0 Å². The van der Waals surface area contributed by atoms with Crippen molar-refractivity contribution in [2.24, 2.45) is 0 Å². The van der Waals surface area contributed by atoms with Gasteiger partial charge in [0.1, 0.15) is 11.3 Å². The van der Waals surface area contributed by atoms with Gasteiger partial charge in [-0.2, -0.15) is 0 Å². The second-order valence-corrected chi connectivity index (χ2v) is 6.27. The maximum Gasteiger partial charge on any atom is 0.344 e. The zero-order chi connectivity index (χ0) is 18.8. The summed E-state index contributed by atoms with van der Waals surface area (Å²) in [5, 5.41) is 0.844. The number of hydrogen-bond donors (Lipinski definition) is 0. The normalized spacial score (nSPS) is 10.7. The highest BCUT2D eigenvalue weighted by atomic mass is 16.5. The Balaban J connectivity index is 1.70. The van der Waals surface area contributed by atoms with Gasteiger partial charge in [-0.1, -0.05) is 42.0 Å². The number of benzene rings is 3. The Hall–Kier alpha value is -3.66. The Morgan fingerprint density at radius 2 is 1.70 bits per heavy atom. The highest BCUT2D eigenvalue weighted by molar-refractivity contribution is 5.91. The largest absolute Gasteiger partial charge is 0.423 e. The molecule has 0 atom stereocenters. The number of carbonyl (C=O) groups is 1. The minimum atomic E-state index is -0.450. The maximum atomic E-state index is 12.4. The van der Waals surface area contributed by atoms with Gasteiger partial charge in [0.2, 0.25) is 0 Å². The first-order valence-electron chi connectivity index (χ1n) is 8.52. The first-order valence-corrected chi connectivity index (χ1v) is 8.52. The number of fused-ring (bicyclic) bond motifs is 1. The van der Waals surface area contributed by atoms with Crippen LogP contribution in [-0.4, -0.2) is 5.97 Å². The SMILES string of the molecule is Cc1ccc2oc(=O)c(-c3cccc(OC(=O)c4ccccc4)c3)cc2c1. The van der Waals surface area contributed by atoms with Crippen LogP contribution in [0.5, 0.6) is 5.75 Å². The van der Waals surface area contributed by atoms with Crippen LogP contribution in [0.2, 0.25) is 0 Å². The van der Waals surface area contributed by atoms with Gasteiger partial charge in [0.25, 0.3) is 0 Å². The number of carbonyl (C=O) groups excluding carboxylic acids is 1. The third-order valence-electron chi connectivity index (χ3n) is 4.25. The fourth-order valence-electron chi connectivity index (χ4n) is 2.91. The highest BCUT2D eigenvalue weighted by Crippen LogP contribution is 2.25. The minimum Gasteiger partial charge on any atom is -0.423 e. The molecule has 4 nitrogen and oxygen atoms in total. The summed E-state index contributed by atoms with van der Waals surface area (Å²) in [5.41, 5.74) is 2.70. The molecule has 0 saturated carbocycles. The molecule has 27 heavy (non-hydrogen) atoms. The fourth-order valence-corrected chi connectivity index (χ4v) is 2.91. The van der Waals surface area contributed by atoms with Gasteiger partial charge < -0.3 is 9.15 Å². The molecule has 0 amide bonds. The van der Waals surface area contributed by atoms with E-state index in [4.69, 9.17) is 9.15 Å². The van der Waals surface area contributed by atoms with Crippen LogP contribution in [0, 0.1) is 6.92 Å². The van der Waals surface area contributed by atoms with E-state index in [1.54, 1.807) is 60.7 Å². The summed E-state index contributed by atoms with van der Waals surface area (Å²) in [7, 11) is 0. The average molecular weight is 356 g/mol. The first-order chi connectivity index (χ1) is 13.1. The summed E-state index contributed by atoms with van der Waals surface area (Å²) in [5.74, 6) is -0.0842. The standard InChI is InChI=1S/C23H16O4/c1-15-10-11-21-18(12-15)14-20(23(25)27-21)17-8-5-9-19(13-17)26-22(24)16-6-3-2-4-7-16/h2-14H,1H3. The summed E-state index contributed by atoms with van der Waals surface area (Å²) < 4.78 is 10.9. The third-order valence-corrected chi connectivity index (χ3v) is 4.25. The maximum absolute atomic E-state index is 12.4. The molecule has 0 bridgehead atoms. The van der Waals surface area contributed by atoms with E-state index in [1.807, 2.05) is 25.1 Å². The number of aryl methyl sites for hydroxylation is 1. The molecule has 4 heteroatoms. The van der Waals surface area contributed by atoms with Gasteiger partial charge >= 0.3 is 11.6 Å². The molecule has 3 aromatic carbocycles. The molecule has 1 heterocycles. The van der Waals surface area contributed by atoms with Crippen molar-refractivity contribution >= 4 is 16.9 Å². The molecule has 0 spiro atoms. The van der Waals surface area contributed by atoms with E-state index >= 15 is 0 Å². The van der Waals surface area contributed by atoms with Crippen molar-refractivity contribution in [1.82, 2.24) is 0 Å². The lowest BCUT2D eigenvalue weighted by atomic mass is 10.0. The van der Waals surface area contributed by atoms with Gasteiger partial charge in [0.05, 0.1) is 11.1 Å². The Morgan fingerprint density at radius 1 is 0.889 bits per heavy atom. The van der Waals surface area contributed by atoms with Crippen LogP contribution in [-0.2, 0) is 0 Å². The molecule has 0 fully saturated rings. The van der Waals surface area contributed by atoms with Gasteiger partial charge in [-0.3, -0.25) is 0 Å². The molecule has 0 aliphatic carbocycles. The number of esters is 1. The Bertz CT molecular complexity index is 1190. The van der Waals surface area contributed by atoms with Gasteiger partial charge in [-0.05, 0) is 55.0 Å². The van der Waals surface area contributed by atoms with E-state index in [1.165, 1.54) is 0 Å². The molecule has 0 radical (unpaired) electrons. The van der Waals surface area contributed by atoms with Crippen molar-refractivity contribution in [3.8, 4) is 16.9 Å². The topological polar surface area (TPSA) is 56.5 Å². The van der Waals surface area contributed by atoms with Crippen molar-refractivity contribution < 1.29 is 13.9 Å². The molecule has 0 unspecified atom stereocenters. The van der Waals surface area contributed by atoms with E-state index < -0.39 is 11.6 Å². The smallest absolute Gasteiger partial charge is 0.344 e. The van der Waals surface area contributed by atoms with Crippen LogP contribution in [0.1, 0.15) is 15.9 Å². The molecule has 0 N–H and O–H groups in total. The summed E-state index contributed by atoms with van der Waals surface area (Å²) >= 11 is 0. The second-order valence-electron chi connectivity index (χ2n) is 6.27. The van der Waals surface area contributed by atoms with E-state index in [-0.39, 0.29) is 0 Å². The minimum absolute atomic E-state index is 0.366. The Labute approximate surface area is 155 Å². The lowest BCUT2D eigenvalue weighted by molar-refractivity contribution is 0.0735. The van der Waals surface area contributed by atoms with Crippen LogP contribution in [0.15, 0.2) is 88.1 Å². The Kier molecular flexibility index (Phi) is 4.30. The quantitative estimate of drug-likeness (QED) is 0.295. The van der Waals surface area contributed by atoms with Crippen molar-refractivity contribution in [3.63, 3.8) is 0 Å². The predicted octanol–water partition coefficient (Wildman–Crippen LogP) is 4.99. The Morgan fingerprint density at radius 3 is 2.52 bits per heavy atom. The number of hydrogen-bond acceptors (Lipinski definition) is 4. The van der Waals surface area contributed by atoms with Gasteiger partial charge in [-0.25, -0.2) is 9.59 Å². The molecule has 0 saturated heterocycles.